The van der Waals surface area contributed by atoms with Gasteiger partial charge in [-0.15, -0.1) is 5.10 Å². The number of carbonyl (C=O) groups excluding carboxylic acids is 1. The molecule has 1 N–H and O–H groups in total. The van der Waals surface area contributed by atoms with Crippen LogP contribution in [0.4, 0.5) is 6.01 Å². The zero-order valence-electron chi connectivity index (χ0n) is 15.8. The van der Waals surface area contributed by atoms with Gasteiger partial charge in [-0.05, 0) is 54.1 Å². The third-order valence-electron chi connectivity index (χ3n) is 4.17. The van der Waals surface area contributed by atoms with Crippen LogP contribution < -0.4 is 14.8 Å². The van der Waals surface area contributed by atoms with Gasteiger partial charge in [0.05, 0.1) is 6.61 Å². The number of fused-ring (bicyclic) bond motifs is 1. The molecule has 29 heavy (non-hydrogen) atoms. The van der Waals surface area contributed by atoms with Crippen molar-refractivity contribution in [3.8, 4) is 23.0 Å². The van der Waals surface area contributed by atoms with Gasteiger partial charge in [0.1, 0.15) is 11.5 Å². The second kappa shape index (κ2) is 8.43. The second-order valence-corrected chi connectivity index (χ2v) is 6.22. The second-order valence-electron chi connectivity index (χ2n) is 6.22. The molecule has 0 atom stereocenters. The topological polar surface area (TPSA) is 86.5 Å². The number of aromatic nitrogens is 2. The first-order valence-electron chi connectivity index (χ1n) is 9.19. The van der Waals surface area contributed by atoms with Crippen molar-refractivity contribution in [2.45, 2.75) is 6.92 Å². The molecule has 0 bridgehead atoms. The van der Waals surface area contributed by atoms with Crippen LogP contribution in [0.5, 0.6) is 11.5 Å². The molecule has 0 fully saturated rings. The first-order chi connectivity index (χ1) is 14.2. The summed E-state index contributed by atoms with van der Waals surface area (Å²) in [5.41, 5.74) is 0.730. The normalized spacial score (nSPS) is 10.7. The van der Waals surface area contributed by atoms with Crippen molar-refractivity contribution in [2.24, 2.45) is 0 Å². The van der Waals surface area contributed by atoms with Crippen LogP contribution in [0, 0.1) is 0 Å². The summed E-state index contributed by atoms with van der Waals surface area (Å²) in [7, 11) is 0. The fraction of sp³-hybridized carbons (Fsp3) is 0.136. The summed E-state index contributed by atoms with van der Waals surface area (Å²) in [6.07, 6.45) is 0. The number of benzene rings is 3. The van der Waals surface area contributed by atoms with Gasteiger partial charge < -0.3 is 13.9 Å². The van der Waals surface area contributed by atoms with Crippen LogP contribution in [0.3, 0.4) is 0 Å². The predicted molar refractivity (Wildman–Crippen MR) is 109 cm³/mol. The van der Waals surface area contributed by atoms with E-state index in [1.165, 1.54) is 0 Å². The molecular formula is C22H19N3O4. The van der Waals surface area contributed by atoms with Crippen molar-refractivity contribution in [1.82, 2.24) is 10.2 Å². The number of nitrogens with zero attached hydrogens (tertiary/aromatic N) is 2. The molecule has 1 aromatic heterocycles. The van der Waals surface area contributed by atoms with Crippen molar-refractivity contribution < 1.29 is 18.7 Å². The lowest BCUT2D eigenvalue weighted by Crippen LogP contribution is -2.20. The van der Waals surface area contributed by atoms with Crippen LogP contribution in [-0.4, -0.2) is 29.3 Å². The quantitative estimate of drug-likeness (QED) is 0.507. The highest BCUT2D eigenvalue weighted by atomic mass is 16.5. The SMILES string of the molecule is CCOc1ccc(-c2nnc(NC(=O)COc3ccc4ccccc4c3)o2)cc1. The highest BCUT2D eigenvalue weighted by Gasteiger charge is 2.12. The van der Waals surface area contributed by atoms with Crippen LogP contribution in [0.1, 0.15) is 6.92 Å². The number of hydrogen-bond acceptors (Lipinski definition) is 6. The molecule has 0 saturated carbocycles. The first-order valence-corrected chi connectivity index (χ1v) is 9.19. The Kier molecular flexibility index (Phi) is 5.38. The van der Waals surface area contributed by atoms with Crippen molar-refractivity contribution >= 4 is 22.7 Å². The minimum absolute atomic E-state index is 0.0148. The summed E-state index contributed by atoms with van der Waals surface area (Å²) in [5, 5.41) is 12.5. The molecular weight excluding hydrogens is 370 g/mol. The van der Waals surface area contributed by atoms with Gasteiger partial charge in [0, 0.05) is 5.56 Å². The smallest absolute Gasteiger partial charge is 0.322 e. The standard InChI is InChI=1S/C22H19N3O4/c1-2-27-18-10-8-16(9-11-18)21-24-25-22(29-21)23-20(26)14-28-19-12-7-15-5-3-4-6-17(15)13-19/h3-13H,2,14H2,1H3,(H,23,25,26). The molecule has 7 heteroatoms. The number of rotatable bonds is 7. The van der Waals surface area contributed by atoms with Gasteiger partial charge in [-0.3, -0.25) is 10.1 Å². The number of ether oxygens (including phenoxy) is 2. The van der Waals surface area contributed by atoms with E-state index in [1.807, 2.05) is 73.7 Å². The lowest BCUT2D eigenvalue weighted by atomic mass is 10.1. The van der Waals surface area contributed by atoms with E-state index in [0.717, 1.165) is 22.1 Å². The van der Waals surface area contributed by atoms with E-state index in [9.17, 15) is 4.79 Å². The predicted octanol–water partition coefficient (Wildman–Crippen LogP) is 4.31. The molecule has 0 aliphatic heterocycles. The van der Waals surface area contributed by atoms with E-state index in [4.69, 9.17) is 13.9 Å². The summed E-state index contributed by atoms with van der Waals surface area (Å²) in [6, 6.07) is 20.9. The molecule has 1 amide bonds. The Hall–Kier alpha value is -3.87. The molecule has 1 heterocycles. The minimum atomic E-state index is -0.389. The van der Waals surface area contributed by atoms with Crippen molar-refractivity contribution in [3.05, 3.63) is 66.7 Å². The molecule has 0 aliphatic rings. The third-order valence-corrected chi connectivity index (χ3v) is 4.17. The first kappa shape index (κ1) is 18.5. The van der Waals surface area contributed by atoms with Crippen LogP contribution >= 0.6 is 0 Å². The number of nitrogens with one attached hydrogen (secondary N) is 1. The molecule has 4 rings (SSSR count). The van der Waals surface area contributed by atoms with Crippen LogP contribution in [0.15, 0.2) is 71.1 Å². The fourth-order valence-corrected chi connectivity index (χ4v) is 2.81. The molecule has 0 saturated heterocycles. The number of carbonyl (C=O) groups is 1. The van der Waals surface area contributed by atoms with Crippen molar-refractivity contribution in [1.29, 1.82) is 0 Å². The van der Waals surface area contributed by atoms with Gasteiger partial charge in [-0.1, -0.05) is 35.4 Å². The molecule has 3 aromatic carbocycles. The van der Waals surface area contributed by atoms with E-state index in [1.54, 1.807) is 0 Å². The van der Waals surface area contributed by atoms with Gasteiger partial charge in [-0.2, -0.15) is 0 Å². The van der Waals surface area contributed by atoms with E-state index >= 15 is 0 Å². The zero-order valence-corrected chi connectivity index (χ0v) is 15.8. The molecule has 0 aliphatic carbocycles. The van der Waals surface area contributed by atoms with E-state index in [2.05, 4.69) is 15.5 Å². The lowest BCUT2D eigenvalue weighted by Gasteiger charge is -2.06. The van der Waals surface area contributed by atoms with Crippen LogP contribution in [0.25, 0.3) is 22.2 Å². The van der Waals surface area contributed by atoms with Gasteiger partial charge >= 0.3 is 6.01 Å². The average Bonchev–Trinajstić information content (AvgIpc) is 3.21. The maximum Gasteiger partial charge on any atom is 0.322 e. The molecule has 0 radical (unpaired) electrons. The summed E-state index contributed by atoms with van der Waals surface area (Å²) < 4.78 is 16.5. The maximum atomic E-state index is 12.1. The number of amides is 1. The summed E-state index contributed by atoms with van der Waals surface area (Å²) in [6.45, 7) is 2.35. The van der Waals surface area contributed by atoms with Gasteiger partial charge in [-0.25, -0.2) is 0 Å². The van der Waals surface area contributed by atoms with Crippen molar-refractivity contribution in [2.75, 3.05) is 18.5 Å². The van der Waals surface area contributed by atoms with E-state index in [0.29, 0.717) is 18.2 Å². The zero-order chi connectivity index (χ0) is 20.1. The molecule has 0 spiro atoms. The molecule has 7 nitrogen and oxygen atoms in total. The maximum absolute atomic E-state index is 12.1. The Labute approximate surface area is 167 Å². The Morgan fingerprint density at radius 2 is 1.69 bits per heavy atom. The summed E-state index contributed by atoms with van der Waals surface area (Å²) in [5.74, 6) is 1.29. The third kappa shape index (κ3) is 4.52. The largest absolute Gasteiger partial charge is 0.494 e. The Morgan fingerprint density at radius 3 is 2.48 bits per heavy atom. The van der Waals surface area contributed by atoms with Crippen LogP contribution in [-0.2, 0) is 4.79 Å². The highest BCUT2D eigenvalue weighted by Crippen LogP contribution is 2.23. The van der Waals surface area contributed by atoms with Gasteiger partial charge in [0.15, 0.2) is 6.61 Å². The monoisotopic (exact) mass is 389 g/mol. The minimum Gasteiger partial charge on any atom is -0.494 e. The highest BCUT2D eigenvalue weighted by molar-refractivity contribution is 5.90. The summed E-state index contributed by atoms with van der Waals surface area (Å²) >= 11 is 0. The number of anilines is 1. The molecule has 146 valence electrons. The van der Waals surface area contributed by atoms with Crippen molar-refractivity contribution in [3.63, 3.8) is 0 Å². The average molecular weight is 389 g/mol. The van der Waals surface area contributed by atoms with Gasteiger partial charge in [0.25, 0.3) is 5.91 Å². The summed E-state index contributed by atoms with van der Waals surface area (Å²) in [4.78, 5) is 12.1. The van der Waals surface area contributed by atoms with Crippen LogP contribution in [0.2, 0.25) is 0 Å². The Balaban J connectivity index is 1.34. The number of hydrogen-bond donors (Lipinski definition) is 1. The lowest BCUT2D eigenvalue weighted by molar-refractivity contribution is -0.118. The van der Waals surface area contributed by atoms with E-state index in [-0.39, 0.29) is 18.5 Å². The van der Waals surface area contributed by atoms with E-state index < -0.39 is 0 Å². The Morgan fingerprint density at radius 1 is 0.931 bits per heavy atom. The molecule has 0 unspecified atom stereocenters. The fourth-order valence-electron chi connectivity index (χ4n) is 2.81. The van der Waals surface area contributed by atoms with Gasteiger partial charge in [0.2, 0.25) is 5.89 Å². The Bertz CT molecular complexity index is 1120. The molecule has 4 aromatic rings.